The summed E-state index contributed by atoms with van der Waals surface area (Å²) in [6.07, 6.45) is 5.60. The van der Waals surface area contributed by atoms with E-state index in [1.54, 1.807) is 11.1 Å². The highest BCUT2D eigenvalue weighted by Crippen LogP contribution is 2.50. The zero-order valence-electron chi connectivity index (χ0n) is 9.78. The van der Waals surface area contributed by atoms with Gasteiger partial charge in [-0.15, -0.1) is 0 Å². The average Bonchev–Trinajstić information content (AvgIpc) is 2.35. The quantitative estimate of drug-likeness (QED) is 0.640. The van der Waals surface area contributed by atoms with Crippen LogP contribution in [0.1, 0.15) is 24.0 Å². The molecule has 1 aromatic carbocycles. The van der Waals surface area contributed by atoms with Crippen LogP contribution >= 0.6 is 0 Å². The SMILES string of the molecule is c1ccc2c(c1)CC1CN3CCC1(CC3)C2. The second-order valence-corrected chi connectivity index (χ2v) is 6.01. The van der Waals surface area contributed by atoms with Crippen LogP contribution < -0.4 is 0 Å². The summed E-state index contributed by atoms with van der Waals surface area (Å²) in [5.74, 6) is 0.949. The van der Waals surface area contributed by atoms with Gasteiger partial charge in [0.2, 0.25) is 0 Å². The van der Waals surface area contributed by atoms with Gasteiger partial charge in [0.25, 0.3) is 0 Å². The normalized spacial score (nSPS) is 40.2. The van der Waals surface area contributed by atoms with Crippen LogP contribution in [-0.2, 0) is 12.8 Å². The zero-order chi connectivity index (χ0) is 10.6. The lowest BCUT2D eigenvalue weighted by molar-refractivity contribution is -0.0399. The Hall–Kier alpha value is -0.820. The van der Waals surface area contributed by atoms with Gasteiger partial charge in [-0.25, -0.2) is 0 Å². The minimum absolute atomic E-state index is 0.684. The summed E-state index contributed by atoms with van der Waals surface area (Å²) in [7, 11) is 0. The summed E-state index contributed by atoms with van der Waals surface area (Å²) in [5.41, 5.74) is 3.96. The lowest BCUT2D eigenvalue weighted by atomic mass is 9.57. The molecular formula is C15H19N. The van der Waals surface area contributed by atoms with Gasteiger partial charge in [-0.2, -0.15) is 0 Å². The van der Waals surface area contributed by atoms with E-state index < -0.39 is 0 Å². The Labute approximate surface area is 97.5 Å². The van der Waals surface area contributed by atoms with Gasteiger partial charge in [-0.05, 0) is 61.2 Å². The van der Waals surface area contributed by atoms with E-state index in [2.05, 4.69) is 29.2 Å². The zero-order valence-corrected chi connectivity index (χ0v) is 9.78. The molecule has 1 nitrogen and oxygen atoms in total. The Morgan fingerprint density at radius 2 is 1.81 bits per heavy atom. The number of nitrogens with zero attached hydrogens (tertiary/aromatic N) is 1. The molecule has 1 atom stereocenters. The fourth-order valence-electron chi connectivity index (χ4n) is 4.27. The number of benzene rings is 1. The van der Waals surface area contributed by atoms with E-state index in [1.807, 2.05) is 0 Å². The van der Waals surface area contributed by atoms with Crippen molar-refractivity contribution in [1.29, 1.82) is 0 Å². The molecular weight excluding hydrogens is 194 g/mol. The maximum Gasteiger partial charge on any atom is 0.00183 e. The van der Waals surface area contributed by atoms with Gasteiger partial charge in [-0.1, -0.05) is 24.3 Å². The van der Waals surface area contributed by atoms with Crippen LogP contribution in [0.15, 0.2) is 24.3 Å². The molecule has 16 heavy (non-hydrogen) atoms. The molecule has 4 aliphatic rings. The second kappa shape index (κ2) is 3.10. The maximum absolute atomic E-state index is 2.68. The number of piperidine rings is 3. The van der Waals surface area contributed by atoms with Crippen molar-refractivity contribution in [2.24, 2.45) is 11.3 Å². The Morgan fingerprint density at radius 1 is 1.06 bits per heavy atom. The van der Waals surface area contributed by atoms with Crippen LogP contribution in [0.4, 0.5) is 0 Å². The Balaban J connectivity index is 1.78. The highest BCUT2D eigenvalue weighted by Gasteiger charge is 2.48. The van der Waals surface area contributed by atoms with Gasteiger partial charge in [0, 0.05) is 6.54 Å². The van der Waals surface area contributed by atoms with Crippen molar-refractivity contribution in [1.82, 2.24) is 4.90 Å². The molecule has 84 valence electrons. The van der Waals surface area contributed by atoms with Crippen molar-refractivity contribution in [2.75, 3.05) is 19.6 Å². The Morgan fingerprint density at radius 3 is 2.62 bits per heavy atom. The van der Waals surface area contributed by atoms with E-state index in [0.717, 1.165) is 5.92 Å². The third-order valence-electron chi connectivity index (χ3n) is 5.32. The number of hydrogen-bond acceptors (Lipinski definition) is 1. The molecule has 1 spiro atoms. The first-order valence-corrected chi connectivity index (χ1v) is 6.65. The average molecular weight is 213 g/mol. The van der Waals surface area contributed by atoms with Gasteiger partial charge in [-0.3, -0.25) is 0 Å². The molecule has 1 heteroatoms. The molecule has 5 rings (SSSR count). The predicted octanol–water partition coefficient (Wildman–Crippen LogP) is 2.50. The molecule has 0 radical (unpaired) electrons. The van der Waals surface area contributed by atoms with Crippen LogP contribution in [0.25, 0.3) is 0 Å². The van der Waals surface area contributed by atoms with Gasteiger partial charge < -0.3 is 4.90 Å². The Kier molecular flexibility index (Phi) is 1.79. The largest absolute Gasteiger partial charge is 0.303 e. The molecule has 3 heterocycles. The van der Waals surface area contributed by atoms with Crippen LogP contribution in [0.2, 0.25) is 0 Å². The highest BCUT2D eigenvalue weighted by molar-refractivity contribution is 5.33. The van der Waals surface area contributed by atoms with E-state index in [-0.39, 0.29) is 0 Å². The molecule has 0 N–H and O–H groups in total. The summed E-state index contributed by atoms with van der Waals surface area (Å²) in [4.78, 5) is 2.68. The predicted molar refractivity (Wildman–Crippen MR) is 65.4 cm³/mol. The van der Waals surface area contributed by atoms with E-state index in [1.165, 1.54) is 45.3 Å². The summed E-state index contributed by atoms with van der Waals surface area (Å²) in [6, 6.07) is 9.13. The summed E-state index contributed by atoms with van der Waals surface area (Å²) in [6.45, 7) is 4.09. The van der Waals surface area contributed by atoms with Crippen molar-refractivity contribution >= 4 is 0 Å². The smallest absolute Gasteiger partial charge is 0.00183 e. The highest BCUT2D eigenvalue weighted by atomic mass is 15.2. The third-order valence-corrected chi connectivity index (χ3v) is 5.32. The van der Waals surface area contributed by atoms with Crippen molar-refractivity contribution in [3.8, 4) is 0 Å². The van der Waals surface area contributed by atoms with Gasteiger partial charge in [0.1, 0.15) is 0 Å². The molecule has 3 fully saturated rings. The first-order valence-electron chi connectivity index (χ1n) is 6.65. The minimum atomic E-state index is 0.684. The fourth-order valence-corrected chi connectivity index (χ4v) is 4.27. The Bertz CT molecular complexity index is 415. The topological polar surface area (TPSA) is 3.24 Å². The van der Waals surface area contributed by atoms with E-state index in [9.17, 15) is 0 Å². The van der Waals surface area contributed by atoms with Gasteiger partial charge in [0.15, 0.2) is 0 Å². The molecule has 3 saturated heterocycles. The van der Waals surface area contributed by atoms with Crippen LogP contribution in [-0.4, -0.2) is 24.5 Å². The second-order valence-electron chi connectivity index (χ2n) is 6.01. The third kappa shape index (κ3) is 1.15. The lowest BCUT2D eigenvalue weighted by Crippen LogP contribution is -2.57. The molecule has 0 saturated carbocycles. The molecule has 3 aliphatic heterocycles. The summed E-state index contributed by atoms with van der Waals surface area (Å²) in [5, 5.41) is 0. The first kappa shape index (κ1) is 9.23. The lowest BCUT2D eigenvalue weighted by Gasteiger charge is -2.56. The van der Waals surface area contributed by atoms with E-state index in [4.69, 9.17) is 0 Å². The monoisotopic (exact) mass is 213 g/mol. The first-order chi connectivity index (χ1) is 7.86. The number of rotatable bonds is 0. The maximum atomic E-state index is 2.68. The molecule has 2 bridgehead atoms. The number of hydrogen-bond donors (Lipinski definition) is 0. The van der Waals surface area contributed by atoms with Gasteiger partial charge in [0.05, 0.1) is 0 Å². The van der Waals surface area contributed by atoms with Crippen LogP contribution in [0.5, 0.6) is 0 Å². The standard InChI is InChI=1S/C15H19N/c1-2-4-13-10-15-5-7-16(8-6-15)11-14(15)9-12(13)3-1/h1-4,14H,5-11H2. The van der Waals surface area contributed by atoms with Crippen molar-refractivity contribution in [3.05, 3.63) is 35.4 Å². The van der Waals surface area contributed by atoms with Gasteiger partial charge >= 0.3 is 0 Å². The number of fused-ring (bicyclic) bond motifs is 3. The molecule has 1 aromatic rings. The van der Waals surface area contributed by atoms with E-state index >= 15 is 0 Å². The van der Waals surface area contributed by atoms with Crippen molar-refractivity contribution in [2.45, 2.75) is 25.7 Å². The van der Waals surface area contributed by atoms with Crippen molar-refractivity contribution in [3.63, 3.8) is 0 Å². The van der Waals surface area contributed by atoms with E-state index in [0.29, 0.717) is 5.41 Å². The molecule has 1 aliphatic carbocycles. The minimum Gasteiger partial charge on any atom is -0.303 e. The van der Waals surface area contributed by atoms with Crippen molar-refractivity contribution < 1.29 is 0 Å². The summed E-state index contributed by atoms with van der Waals surface area (Å²) >= 11 is 0. The summed E-state index contributed by atoms with van der Waals surface area (Å²) < 4.78 is 0. The van der Waals surface area contributed by atoms with Crippen LogP contribution in [0.3, 0.4) is 0 Å². The molecule has 1 unspecified atom stereocenters. The molecule has 0 amide bonds. The fraction of sp³-hybridized carbons (Fsp3) is 0.600. The molecule has 0 aromatic heterocycles. The van der Waals surface area contributed by atoms with Crippen LogP contribution in [0, 0.1) is 11.3 Å².